The number of alkyl halides is 2. The molecule has 0 aliphatic heterocycles. The molecule has 0 amide bonds. The van der Waals surface area contributed by atoms with Gasteiger partial charge in [-0.3, -0.25) is 0 Å². The molecular weight excluding hydrogens is 543 g/mol. The molecule has 0 fully saturated rings. The van der Waals surface area contributed by atoms with Crippen LogP contribution >= 0.6 is 34.2 Å². The summed E-state index contributed by atoms with van der Waals surface area (Å²) in [6, 6.07) is 15.2. The molecule has 32 heavy (non-hydrogen) atoms. The van der Waals surface area contributed by atoms with Crippen molar-refractivity contribution in [3.05, 3.63) is 71.4 Å². The van der Waals surface area contributed by atoms with Gasteiger partial charge in [0.25, 0.3) is 0 Å². The Morgan fingerprint density at radius 3 is 1.47 bits per heavy atom. The molecule has 2 aromatic carbocycles. The summed E-state index contributed by atoms with van der Waals surface area (Å²) in [6.45, 7) is 3.80. The van der Waals surface area contributed by atoms with Crippen molar-refractivity contribution in [3.63, 3.8) is 0 Å². The van der Waals surface area contributed by atoms with Gasteiger partial charge in [0, 0.05) is 15.6 Å². The van der Waals surface area contributed by atoms with Gasteiger partial charge in [-0.15, -0.1) is 11.6 Å². The van der Waals surface area contributed by atoms with Crippen LogP contribution < -0.4 is 9.47 Å². The number of oxazole rings is 2. The first-order valence-electron chi connectivity index (χ1n) is 9.82. The maximum Gasteiger partial charge on any atom is 0.226 e. The van der Waals surface area contributed by atoms with E-state index in [9.17, 15) is 0 Å². The van der Waals surface area contributed by atoms with Crippen LogP contribution in [0.15, 0.2) is 57.4 Å². The Hall–Kier alpha value is -2.52. The molecule has 0 aliphatic carbocycles. The minimum Gasteiger partial charge on any atom is -0.497 e. The SMILES string of the molecule is COc1ccc(-c2nc(CCl)c(C)o2)cc1.COc1ccc(-c2nc(CI)c(C)o2)cc1. The molecule has 0 bridgehead atoms. The van der Waals surface area contributed by atoms with Gasteiger partial charge < -0.3 is 18.3 Å². The summed E-state index contributed by atoms with van der Waals surface area (Å²) >= 11 is 8.02. The van der Waals surface area contributed by atoms with E-state index in [1.807, 2.05) is 62.4 Å². The lowest BCUT2D eigenvalue weighted by Gasteiger charge is -1.99. The topological polar surface area (TPSA) is 70.5 Å². The van der Waals surface area contributed by atoms with E-state index >= 15 is 0 Å². The molecule has 0 aliphatic rings. The molecule has 4 aromatic rings. The molecule has 6 nitrogen and oxygen atoms in total. The Labute approximate surface area is 206 Å². The summed E-state index contributed by atoms with van der Waals surface area (Å²) in [7, 11) is 3.29. The molecule has 0 saturated heterocycles. The number of hydrogen-bond acceptors (Lipinski definition) is 6. The highest BCUT2D eigenvalue weighted by Crippen LogP contribution is 2.25. The summed E-state index contributed by atoms with van der Waals surface area (Å²) in [5.41, 5.74) is 3.68. The van der Waals surface area contributed by atoms with E-state index in [0.29, 0.717) is 17.7 Å². The van der Waals surface area contributed by atoms with E-state index in [-0.39, 0.29) is 0 Å². The van der Waals surface area contributed by atoms with Gasteiger partial charge in [0.1, 0.15) is 23.0 Å². The zero-order valence-corrected chi connectivity index (χ0v) is 21.2. The first kappa shape index (κ1) is 24.1. The molecule has 0 radical (unpaired) electrons. The second-order valence-electron chi connectivity index (χ2n) is 6.77. The second-order valence-corrected chi connectivity index (χ2v) is 7.80. The number of aromatic nitrogens is 2. The molecule has 0 atom stereocenters. The molecule has 0 unspecified atom stereocenters. The largest absolute Gasteiger partial charge is 0.497 e. The third-order valence-corrected chi connectivity index (χ3v) is 5.69. The van der Waals surface area contributed by atoms with E-state index in [2.05, 4.69) is 32.6 Å². The van der Waals surface area contributed by atoms with Crippen molar-refractivity contribution in [2.75, 3.05) is 14.2 Å². The van der Waals surface area contributed by atoms with Crippen LogP contribution in [0.4, 0.5) is 0 Å². The lowest BCUT2D eigenvalue weighted by Crippen LogP contribution is -1.83. The summed E-state index contributed by atoms with van der Waals surface area (Å²) < 4.78 is 22.2. The maximum atomic E-state index is 5.74. The average molecular weight is 567 g/mol. The van der Waals surface area contributed by atoms with Crippen LogP contribution in [0.5, 0.6) is 11.5 Å². The Kier molecular flexibility index (Phi) is 8.58. The van der Waals surface area contributed by atoms with Crippen LogP contribution in [0.1, 0.15) is 22.9 Å². The number of rotatable bonds is 6. The van der Waals surface area contributed by atoms with Crippen molar-refractivity contribution < 1.29 is 18.3 Å². The first-order valence-corrected chi connectivity index (χ1v) is 11.9. The van der Waals surface area contributed by atoms with Gasteiger partial charge in [-0.05, 0) is 62.4 Å². The standard InChI is InChI=1S/C12H12ClNO2.C12H12INO2/c2*1-8-11(7-13)14-12(16-8)9-3-5-10(15-2)6-4-9/h2*3-6H,7H2,1-2H3. The zero-order valence-electron chi connectivity index (χ0n) is 18.3. The number of hydrogen-bond donors (Lipinski definition) is 0. The minimum absolute atomic E-state index is 0.367. The van der Waals surface area contributed by atoms with E-state index < -0.39 is 0 Å². The van der Waals surface area contributed by atoms with Gasteiger partial charge in [-0.25, -0.2) is 9.97 Å². The fourth-order valence-corrected chi connectivity index (χ4v) is 3.77. The van der Waals surface area contributed by atoms with Gasteiger partial charge in [0.05, 0.1) is 31.5 Å². The lowest BCUT2D eigenvalue weighted by atomic mass is 10.2. The Balaban J connectivity index is 0.000000181. The molecule has 2 heterocycles. The highest BCUT2D eigenvalue weighted by molar-refractivity contribution is 14.1. The van der Waals surface area contributed by atoms with Gasteiger partial charge in [0.15, 0.2) is 0 Å². The number of nitrogens with zero attached hydrogens (tertiary/aromatic N) is 2. The summed E-state index contributed by atoms with van der Waals surface area (Å²) in [4.78, 5) is 8.75. The van der Waals surface area contributed by atoms with E-state index in [0.717, 1.165) is 50.0 Å². The van der Waals surface area contributed by atoms with Gasteiger partial charge in [0.2, 0.25) is 11.8 Å². The first-order chi connectivity index (χ1) is 15.5. The maximum absolute atomic E-state index is 5.74. The fourth-order valence-electron chi connectivity index (χ4n) is 2.82. The highest BCUT2D eigenvalue weighted by Gasteiger charge is 2.11. The van der Waals surface area contributed by atoms with Crippen LogP contribution in [0.25, 0.3) is 22.9 Å². The molecule has 8 heteroatoms. The zero-order chi connectivity index (χ0) is 23.1. The Morgan fingerprint density at radius 1 is 0.750 bits per heavy atom. The molecule has 4 rings (SSSR count). The van der Waals surface area contributed by atoms with E-state index in [4.69, 9.17) is 29.9 Å². The smallest absolute Gasteiger partial charge is 0.226 e. The molecule has 168 valence electrons. The molecular formula is C24H24ClIN2O4. The van der Waals surface area contributed by atoms with Crippen LogP contribution in [0.3, 0.4) is 0 Å². The normalized spacial score (nSPS) is 10.4. The van der Waals surface area contributed by atoms with Crippen molar-refractivity contribution in [1.82, 2.24) is 9.97 Å². The van der Waals surface area contributed by atoms with Gasteiger partial charge in [-0.2, -0.15) is 0 Å². The van der Waals surface area contributed by atoms with Crippen molar-refractivity contribution in [2.24, 2.45) is 0 Å². The number of benzene rings is 2. The molecule has 2 aromatic heterocycles. The van der Waals surface area contributed by atoms with Gasteiger partial charge >= 0.3 is 0 Å². The molecule has 0 saturated carbocycles. The predicted octanol–water partition coefficient (Wildman–Crippen LogP) is 6.99. The number of halogens is 2. The highest BCUT2D eigenvalue weighted by atomic mass is 127. The number of aryl methyl sites for hydroxylation is 2. The third-order valence-electron chi connectivity index (χ3n) is 4.71. The summed E-state index contributed by atoms with van der Waals surface area (Å²) in [5.74, 6) is 4.93. The molecule has 0 spiro atoms. The Morgan fingerprint density at radius 2 is 1.16 bits per heavy atom. The average Bonchev–Trinajstić information content (AvgIpc) is 3.41. The Bertz CT molecular complexity index is 1050. The summed E-state index contributed by atoms with van der Waals surface area (Å²) in [6.07, 6.45) is 0. The minimum atomic E-state index is 0.367. The van der Waals surface area contributed by atoms with E-state index in [1.165, 1.54) is 0 Å². The third kappa shape index (κ3) is 5.83. The fraction of sp³-hybridized carbons (Fsp3) is 0.250. The monoisotopic (exact) mass is 566 g/mol. The summed E-state index contributed by atoms with van der Waals surface area (Å²) in [5, 5.41) is 0. The van der Waals surface area contributed by atoms with Crippen LogP contribution in [-0.4, -0.2) is 24.2 Å². The van der Waals surface area contributed by atoms with Crippen molar-refractivity contribution in [2.45, 2.75) is 24.2 Å². The second kappa shape index (κ2) is 11.4. The number of ether oxygens (including phenoxy) is 2. The lowest BCUT2D eigenvalue weighted by molar-refractivity contribution is 0.414. The number of methoxy groups -OCH3 is 2. The van der Waals surface area contributed by atoms with Gasteiger partial charge in [-0.1, -0.05) is 22.6 Å². The van der Waals surface area contributed by atoms with Crippen LogP contribution in [0.2, 0.25) is 0 Å². The van der Waals surface area contributed by atoms with Crippen LogP contribution in [0, 0.1) is 13.8 Å². The quantitative estimate of drug-likeness (QED) is 0.185. The van der Waals surface area contributed by atoms with Crippen molar-refractivity contribution >= 4 is 34.2 Å². The van der Waals surface area contributed by atoms with E-state index in [1.54, 1.807) is 14.2 Å². The van der Waals surface area contributed by atoms with Crippen molar-refractivity contribution in [1.29, 1.82) is 0 Å². The van der Waals surface area contributed by atoms with Crippen molar-refractivity contribution in [3.8, 4) is 34.4 Å². The predicted molar refractivity (Wildman–Crippen MR) is 134 cm³/mol. The molecule has 0 N–H and O–H groups in total. The van der Waals surface area contributed by atoms with Crippen LogP contribution in [-0.2, 0) is 10.3 Å².